The highest BCUT2D eigenvalue weighted by Crippen LogP contribution is 2.23. The zero-order valence-electron chi connectivity index (χ0n) is 11.8. The van der Waals surface area contributed by atoms with Crippen LogP contribution >= 0.6 is 11.6 Å². The van der Waals surface area contributed by atoms with Crippen molar-refractivity contribution in [2.24, 2.45) is 0 Å². The number of hydrogen-bond donors (Lipinski definition) is 1. The van der Waals surface area contributed by atoms with Crippen molar-refractivity contribution in [2.75, 3.05) is 24.8 Å². The molecule has 0 saturated heterocycles. The number of pyridine rings is 1. The molecule has 5 nitrogen and oxygen atoms in total. The first kappa shape index (κ1) is 15.1. The molecule has 0 aliphatic carbocycles. The van der Waals surface area contributed by atoms with Crippen molar-refractivity contribution in [3.05, 3.63) is 52.8 Å². The smallest absolute Gasteiger partial charge is 0.356 e. The molecular formula is C15H16ClN3O2. The largest absolute Gasteiger partial charge is 0.464 e. The number of benzene rings is 1. The third-order valence-corrected chi connectivity index (χ3v) is 3.42. The minimum absolute atomic E-state index is 0.264. The summed E-state index contributed by atoms with van der Waals surface area (Å²) < 4.78 is 4.67. The first-order valence-electron chi connectivity index (χ1n) is 6.30. The van der Waals surface area contributed by atoms with Crippen LogP contribution in [0.5, 0.6) is 0 Å². The zero-order valence-corrected chi connectivity index (χ0v) is 12.6. The second kappa shape index (κ2) is 6.45. The lowest BCUT2D eigenvalue weighted by Gasteiger charge is -2.20. The molecule has 1 aromatic heterocycles. The minimum Gasteiger partial charge on any atom is -0.464 e. The summed E-state index contributed by atoms with van der Waals surface area (Å²) in [6.07, 6.45) is 1.57. The Morgan fingerprint density at radius 1 is 1.38 bits per heavy atom. The van der Waals surface area contributed by atoms with Crippen molar-refractivity contribution >= 4 is 28.9 Å². The van der Waals surface area contributed by atoms with Gasteiger partial charge in [0.05, 0.1) is 7.11 Å². The number of aromatic nitrogens is 1. The molecule has 2 N–H and O–H groups in total. The van der Waals surface area contributed by atoms with Crippen molar-refractivity contribution < 1.29 is 9.53 Å². The number of halogens is 1. The molecule has 0 fully saturated rings. The summed E-state index contributed by atoms with van der Waals surface area (Å²) in [6, 6.07) is 8.85. The van der Waals surface area contributed by atoms with Gasteiger partial charge in [0.1, 0.15) is 5.69 Å². The van der Waals surface area contributed by atoms with Gasteiger partial charge in [-0.1, -0.05) is 11.6 Å². The Hall–Kier alpha value is -2.27. The molecule has 6 heteroatoms. The normalized spacial score (nSPS) is 10.2. The van der Waals surface area contributed by atoms with Crippen molar-refractivity contribution in [3.8, 4) is 0 Å². The van der Waals surface area contributed by atoms with E-state index in [4.69, 9.17) is 17.3 Å². The highest BCUT2D eigenvalue weighted by atomic mass is 35.5. The Labute approximate surface area is 128 Å². The number of methoxy groups -OCH3 is 1. The SMILES string of the molecule is COC(=O)c1cc(N(C)Cc2cc(N)ccc2Cl)ccn1. The number of esters is 1. The lowest BCUT2D eigenvalue weighted by molar-refractivity contribution is 0.0594. The second-order valence-corrected chi connectivity index (χ2v) is 5.00. The van der Waals surface area contributed by atoms with E-state index < -0.39 is 5.97 Å². The summed E-state index contributed by atoms with van der Waals surface area (Å²) in [7, 11) is 3.23. The molecule has 2 rings (SSSR count). The predicted octanol–water partition coefficient (Wildman–Crippen LogP) is 2.74. The van der Waals surface area contributed by atoms with Gasteiger partial charge >= 0.3 is 5.97 Å². The Morgan fingerprint density at radius 2 is 2.14 bits per heavy atom. The summed E-state index contributed by atoms with van der Waals surface area (Å²) in [5.74, 6) is -0.466. The van der Waals surface area contributed by atoms with Crippen LogP contribution in [0, 0.1) is 0 Å². The van der Waals surface area contributed by atoms with E-state index in [1.807, 2.05) is 24.1 Å². The van der Waals surface area contributed by atoms with Gasteiger partial charge in [-0.2, -0.15) is 0 Å². The Morgan fingerprint density at radius 3 is 2.86 bits per heavy atom. The highest BCUT2D eigenvalue weighted by Gasteiger charge is 2.11. The summed E-state index contributed by atoms with van der Waals surface area (Å²) in [5.41, 5.74) is 8.45. The van der Waals surface area contributed by atoms with Crippen LogP contribution in [0.3, 0.4) is 0 Å². The van der Waals surface area contributed by atoms with Gasteiger partial charge < -0.3 is 15.4 Å². The predicted molar refractivity (Wildman–Crippen MR) is 83.5 cm³/mol. The maximum absolute atomic E-state index is 11.5. The maximum atomic E-state index is 11.5. The van der Waals surface area contributed by atoms with Gasteiger partial charge in [-0.3, -0.25) is 0 Å². The Balaban J connectivity index is 2.22. The standard InChI is InChI=1S/C15H16ClN3O2/c1-19(9-10-7-11(17)3-4-13(10)16)12-5-6-18-14(8-12)15(20)21-2/h3-8H,9,17H2,1-2H3. The van der Waals surface area contributed by atoms with Crippen LogP contribution in [-0.2, 0) is 11.3 Å². The monoisotopic (exact) mass is 305 g/mol. The fourth-order valence-electron chi connectivity index (χ4n) is 1.94. The van der Waals surface area contributed by atoms with Crippen LogP contribution in [0.1, 0.15) is 16.1 Å². The molecule has 1 heterocycles. The number of nitrogens with two attached hydrogens (primary N) is 1. The van der Waals surface area contributed by atoms with Crippen molar-refractivity contribution in [3.63, 3.8) is 0 Å². The number of ether oxygens (including phenoxy) is 1. The topological polar surface area (TPSA) is 68.5 Å². The first-order valence-corrected chi connectivity index (χ1v) is 6.68. The molecule has 0 spiro atoms. The summed E-state index contributed by atoms with van der Waals surface area (Å²) >= 11 is 6.16. The molecule has 110 valence electrons. The maximum Gasteiger partial charge on any atom is 0.356 e. The lowest BCUT2D eigenvalue weighted by Crippen LogP contribution is -2.17. The van der Waals surface area contributed by atoms with Gasteiger partial charge in [0.25, 0.3) is 0 Å². The highest BCUT2D eigenvalue weighted by molar-refractivity contribution is 6.31. The number of nitrogen functional groups attached to an aromatic ring is 1. The summed E-state index contributed by atoms with van der Waals surface area (Å²) in [5, 5.41) is 0.651. The fourth-order valence-corrected chi connectivity index (χ4v) is 2.11. The van der Waals surface area contributed by atoms with Crippen molar-refractivity contribution in [1.82, 2.24) is 4.98 Å². The molecule has 1 aromatic carbocycles. The Kier molecular flexibility index (Phi) is 4.65. The molecule has 0 saturated carbocycles. The average molecular weight is 306 g/mol. The van der Waals surface area contributed by atoms with Crippen LogP contribution in [0.4, 0.5) is 11.4 Å². The number of nitrogens with zero attached hydrogens (tertiary/aromatic N) is 2. The van der Waals surface area contributed by atoms with E-state index in [0.29, 0.717) is 17.3 Å². The molecular weight excluding hydrogens is 290 g/mol. The average Bonchev–Trinajstić information content (AvgIpc) is 2.50. The molecule has 0 aliphatic rings. The molecule has 0 aliphatic heterocycles. The lowest BCUT2D eigenvalue weighted by atomic mass is 10.2. The first-order chi connectivity index (χ1) is 10.0. The van der Waals surface area contributed by atoms with E-state index in [9.17, 15) is 4.79 Å². The van der Waals surface area contributed by atoms with Gasteiger partial charge in [0.2, 0.25) is 0 Å². The quantitative estimate of drug-likeness (QED) is 0.695. The van der Waals surface area contributed by atoms with E-state index in [2.05, 4.69) is 9.72 Å². The van der Waals surface area contributed by atoms with E-state index in [1.165, 1.54) is 7.11 Å². The van der Waals surface area contributed by atoms with Crippen molar-refractivity contribution in [2.45, 2.75) is 6.54 Å². The van der Waals surface area contributed by atoms with E-state index in [0.717, 1.165) is 11.3 Å². The number of carbonyl (C=O) groups excluding carboxylic acids is 1. The number of carbonyl (C=O) groups is 1. The molecule has 21 heavy (non-hydrogen) atoms. The van der Waals surface area contributed by atoms with Gasteiger partial charge in [0.15, 0.2) is 0 Å². The molecule has 0 atom stereocenters. The van der Waals surface area contributed by atoms with Crippen LogP contribution in [0.25, 0.3) is 0 Å². The minimum atomic E-state index is -0.466. The van der Waals surface area contributed by atoms with Gasteiger partial charge in [-0.05, 0) is 35.9 Å². The second-order valence-electron chi connectivity index (χ2n) is 4.60. The molecule has 0 amide bonds. The fraction of sp³-hybridized carbons (Fsp3) is 0.200. The molecule has 0 unspecified atom stereocenters. The van der Waals surface area contributed by atoms with Crippen molar-refractivity contribution in [1.29, 1.82) is 0 Å². The summed E-state index contributed by atoms with van der Waals surface area (Å²) in [4.78, 5) is 17.4. The van der Waals surface area contributed by atoms with E-state index in [-0.39, 0.29) is 5.69 Å². The van der Waals surface area contributed by atoms with Crippen LogP contribution in [0.2, 0.25) is 5.02 Å². The summed E-state index contributed by atoms with van der Waals surface area (Å²) in [6.45, 7) is 0.564. The molecule has 0 bridgehead atoms. The zero-order chi connectivity index (χ0) is 15.4. The Bertz CT molecular complexity index is 661. The van der Waals surface area contributed by atoms with E-state index >= 15 is 0 Å². The van der Waals surface area contributed by atoms with Gasteiger partial charge in [-0.15, -0.1) is 0 Å². The number of hydrogen-bond acceptors (Lipinski definition) is 5. The van der Waals surface area contributed by atoms with Crippen LogP contribution < -0.4 is 10.6 Å². The third kappa shape index (κ3) is 3.64. The number of rotatable bonds is 4. The van der Waals surface area contributed by atoms with Gasteiger partial charge in [-0.25, -0.2) is 9.78 Å². The molecule has 2 aromatic rings. The van der Waals surface area contributed by atoms with E-state index in [1.54, 1.807) is 24.4 Å². The van der Waals surface area contributed by atoms with Crippen LogP contribution in [-0.4, -0.2) is 25.1 Å². The third-order valence-electron chi connectivity index (χ3n) is 3.06. The molecule has 0 radical (unpaired) electrons. The van der Waals surface area contributed by atoms with Gasteiger partial charge in [0, 0.05) is 36.2 Å². The number of anilines is 2. The van der Waals surface area contributed by atoms with Crippen LogP contribution in [0.15, 0.2) is 36.5 Å².